The van der Waals surface area contributed by atoms with Crippen LogP contribution in [0.2, 0.25) is 0 Å². The normalized spacial score (nSPS) is 10.7. The van der Waals surface area contributed by atoms with E-state index < -0.39 is 0 Å². The van der Waals surface area contributed by atoms with E-state index in [1.807, 2.05) is 6.07 Å². The van der Waals surface area contributed by atoms with E-state index in [4.69, 9.17) is 5.11 Å². The Morgan fingerprint density at radius 2 is 2.22 bits per heavy atom. The molecule has 2 aromatic rings. The zero-order valence-electron chi connectivity index (χ0n) is 12.7. The van der Waals surface area contributed by atoms with Crippen LogP contribution >= 0.6 is 11.8 Å². The fourth-order valence-electron chi connectivity index (χ4n) is 2.05. The van der Waals surface area contributed by atoms with Crippen molar-refractivity contribution in [3.63, 3.8) is 0 Å². The first-order valence-corrected chi connectivity index (χ1v) is 8.26. The van der Waals surface area contributed by atoms with E-state index in [0.717, 1.165) is 0 Å². The Hall–Kier alpha value is -2.12. The van der Waals surface area contributed by atoms with Crippen LogP contribution in [0.1, 0.15) is 6.42 Å². The van der Waals surface area contributed by atoms with Crippen molar-refractivity contribution in [1.82, 2.24) is 14.9 Å². The van der Waals surface area contributed by atoms with Crippen LogP contribution < -0.4 is 10.9 Å². The molecule has 2 rings (SSSR count). The number of nitrogens with zero attached hydrogens (tertiary/aromatic N) is 2. The van der Waals surface area contributed by atoms with Crippen molar-refractivity contribution < 1.29 is 9.90 Å². The van der Waals surface area contributed by atoms with Crippen molar-refractivity contribution in [2.75, 3.05) is 18.9 Å². The second-order valence-electron chi connectivity index (χ2n) is 4.83. The number of para-hydroxylation sites is 1. The van der Waals surface area contributed by atoms with Crippen LogP contribution in [-0.2, 0) is 11.3 Å². The Bertz CT molecular complexity index is 758. The summed E-state index contributed by atoms with van der Waals surface area (Å²) in [6.07, 6.45) is 2.06. The number of fused-ring (bicyclic) bond motifs is 1. The van der Waals surface area contributed by atoms with Crippen molar-refractivity contribution in [2.24, 2.45) is 0 Å². The number of carbonyl (C=O) groups excluding carboxylic acids is 1. The minimum absolute atomic E-state index is 0.0107. The lowest BCUT2D eigenvalue weighted by atomic mass is 10.2. The molecule has 0 aliphatic carbocycles. The van der Waals surface area contributed by atoms with Crippen molar-refractivity contribution in [1.29, 1.82) is 0 Å². The van der Waals surface area contributed by atoms with Gasteiger partial charge in [0, 0.05) is 19.7 Å². The van der Waals surface area contributed by atoms with Gasteiger partial charge in [-0.1, -0.05) is 30.0 Å². The van der Waals surface area contributed by atoms with Crippen molar-refractivity contribution in [2.45, 2.75) is 18.1 Å². The van der Waals surface area contributed by atoms with Crippen molar-refractivity contribution in [3.8, 4) is 0 Å². The molecule has 0 fully saturated rings. The molecule has 1 aromatic heterocycles. The van der Waals surface area contributed by atoms with Gasteiger partial charge in [0.05, 0.1) is 16.7 Å². The molecule has 0 aliphatic rings. The zero-order chi connectivity index (χ0) is 16.7. The van der Waals surface area contributed by atoms with Gasteiger partial charge in [-0.15, -0.1) is 6.58 Å². The van der Waals surface area contributed by atoms with Crippen LogP contribution in [0.4, 0.5) is 0 Å². The Morgan fingerprint density at radius 3 is 2.96 bits per heavy atom. The second kappa shape index (κ2) is 8.50. The topological polar surface area (TPSA) is 84.2 Å². The zero-order valence-corrected chi connectivity index (χ0v) is 13.5. The van der Waals surface area contributed by atoms with Crippen molar-refractivity contribution >= 4 is 28.6 Å². The number of hydrogen-bond acceptors (Lipinski definition) is 5. The molecule has 0 saturated carbocycles. The van der Waals surface area contributed by atoms with Gasteiger partial charge in [-0.3, -0.25) is 14.2 Å². The Balaban J connectivity index is 2.30. The monoisotopic (exact) mass is 333 g/mol. The number of aromatic nitrogens is 2. The number of rotatable bonds is 8. The summed E-state index contributed by atoms with van der Waals surface area (Å²) < 4.78 is 1.52. The van der Waals surface area contributed by atoms with Gasteiger partial charge in [-0.05, 0) is 18.6 Å². The molecular formula is C16H19N3O3S. The van der Waals surface area contributed by atoms with Gasteiger partial charge in [-0.2, -0.15) is 0 Å². The maximum Gasteiger partial charge on any atom is 0.262 e. The number of nitrogens with one attached hydrogen (secondary N) is 1. The Morgan fingerprint density at radius 1 is 1.43 bits per heavy atom. The molecule has 0 spiro atoms. The molecule has 1 aromatic carbocycles. The molecule has 0 unspecified atom stereocenters. The smallest absolute Gasteiger partial charge is 0.262 e. The van der Waals surface area contributed by atoms with Crippen LogP contribution in [0, 0.1) is 0 Å². The van der Waals surface area contributed by atoms with E-state index in [9.17, 15) is 9.59 Å². The van der Waals surface area contributed by atoms with E-state index >= 15 is 0 Å². The molecule has 0 atom stereocenters. The average molecular weight is 333 g/mol. The summed E-state index contributed by atoms with van der Waals surface area (Å²) in [5, 5.41) is 12.7. The third kappa shape index (κ3) is 4.43. The van der Waals surface area contributed by atoms with E-state index in [1.54, 1.807) is 24.3 Å². The molecule has 23 heavy (non-hydrogen) atoms. The lowest BCUT2D eigenvalue weighted by molar-refractivity contribution is -0.118. The lowest BCUT2D eigenvalue weighted by Crippen LogP contribution is -2.27. The van der Waals surface area contributed by atoms with E-state index in [-0.39, 0.29) is 23.8 Å². The number of thioether (sulfide) groups is 1. The van der Waals surface area contributed by atoms with Crippen LogP contribution in [0.15, 0.2) is 46.9 Å². The predicted molar refractivity (Wildman–Crippen MR) is 91.6 cm³/mol. The first kappa shape index (κ1) is 17.2. The summed E-state index contributed by atoms with van der Waals surface area (Å²) >= 11 is 1.21. The molecular weight excluding hydrogens is 314 g/mol. The summed E-state index contributed by atoms with van der Waals surface area (Å²) in [7, 11) is 0. The number of aliphatic hydroxyl groups is 1. The minimum Gasteiger partial charge on any atom is -0.396 e. The SMILES string of the molecule is C=CCNC(=O)CSc1nc2ccccc2c(=O)n1CCCO. The number of benzene rings is 1. The fourth-order valence-corrected chi connectivity index (χ4v) is 2.91. The van der Waals surface area contributed by atoms with Gasteiger partial charge < -0.3 is 10.4 Å². The second-order valence-corrected chi connectivity index (χ2v) is 5.77. The first-order chi connectivity index (χ1) is 11.2. The lowest BCUT2D eigenvalue weighted by Gasteiger charge is -2.12. The van der Waals surface area contributed by atoms with Crippen molar-refractivity contribution in [3.05, 3.63) is 47.3 Å². The van der Waals surface area contributed by atoms with E-state index in [0.29, 0.717) is 35.6 Å². The third-order valence-corrected chi connectivity index (χ3v) is 4.12. The quantitative estimate of drug-likeness (QED) is 0.430. The Labute approximate surface area is 138 Å². The molecule has 2 N–H and O–H groups in total. The number of aliphatic hydroxyl groups excluding tert-OH is 1. The summed E-state index contributed by atoms with van der Waals surface area (Å²) in [5.41, 5.74) is 0.449. The highest BCUT2D eigenvalue weighted by Crippen LogP contribution is 2.17. The number of hydrogen-bond donors (Lipinski definition) is 2. The van der Waals surface area contributed by atoms with Gasteiger partial charge in [0.15, 0.2) is 5.16 Å². The summed E-state index contributed by atoms with van der Waals surface area (Å²) in [6, 6.07) is 7.11. The minimum atomic E-state index is -0.155. The van der Waals surface area contributed by atoms with Gasteiger partial charge in [0.2, 0.25) is 5.91 Å². The highest BCUT2D eigenvalue weighted by atomic mass is 32.2. The Kier molecular flexibility index (Phi) is 6.37. The summed E-state index contributed by atoms with van der Waals surface area (Å²) in [5.74, 6) is 0.0172. The predicted octanol–water partition coefficient (Wildman–Crippen LogP) is 1.17. The van der Waals surface area contributed by atoms with Crippen LogP contribution in [0.25, 0.3) is 10.9 Å². The van der Waals surface area contributed by atoms with Gasteiger partial charge in [0.25, 0.3) is 5.56 Å². The standard InChI is InChI=1S/C16H19N3O3S/c1-2-8-17-14(21)11-23-16-18-13-7-4-3-6-12(13)15(22)19(16)9-5-10-20/h2-4,6-7,20H,1,5,8-11H2,(H,17,21). The summed E-state index contributed by atoms with van der Waals surface area (Å²) in [6.45, 7) is 4.30. The van der Waals surface area contributed by atoms with Crippen LogP contribution in [-0.4, -0.2) is 39.5 Å². The highest BCUT2D eigenvalue weighted by molar-refractivity contribution is 7.99. The first-order valence-electron chi connectivity index (χ1n) is 7.28. The highest BCUT2D eigenvalue weighted by Gasteiger charge is 2.12. The largest absolute Gasteiger partial charge is 0.396 e. The molecule has 0 radical (unpaired) electrons. The van der Waals surface area contributed by atoms with E-state index in [2.05, 4.69) is 16.9 Å². The molecule has 0 aliphatic heterocycles. The number of carbonyl (C=O) groups is 1. The van der Waals surface area contributed by atoms with Gasteiger partial charge in [-0.25, -0.2) is 4.98 Å². The molecule has 0 saturated heterocycles. The fraction of sp³-hybridized carbons (Fsp3) is 0.312. The summed E-state index contributed by atoms with van der Waals surface area (Å²) in [4.78, 5) is 28.8. The molecule has 122 valence electrons. The molecule has 6 nitrogen and oxygen atoms in total. The maximum absolute atomic E-state index is 12.6. The average Bonchev–Trinajstić information content (AvgIpc) is 2.57. The van der Waals surface area contributed by atoms with E-state index in [1.165, 1.54) is 16.3 Å². The van der Waals surface area contributed by atoms with Crippen LogP contribution in [0.5, 0.6) is 0 Å². The molecule has 1 amide bonds. The molecule has 1 heterocycles. The van der Waals surface area contributed by atoms with Crippen LogP contribution in [0.3, 0.4) is 0 Å². The molecule has 0 bridgehead atoms. The van der Waals surface area contributed by atoms with Gasteiger partial charge in [0.1, 0.15) is 0 Å². The third-order valence-electron chi connectivity index (χ3n) is 3.14. The maximum atomic E-state index is 12.6. The number of amides is 1. The molecule has 7 heteroatoms. The van der Waals surface area contributed by atoms with Gasteiger partial charge >= 0.3 is 0 Å².